The van der Waals surface area contributed by atoms with Crippen molar-refractivity contribution in [1.29, 1.82) is 0 Å². The second-order valence-corrected chi connectivity index (χ2v) is 8.24. The lowest BCUT2D eigenvalue weighted by molar-refractivity contribution is 0.0599. The van der Waals surface area contributed by atoms with E-state index in [1.54, 1.807) is 6.20 Å². The van der Waals surface area contributed by atoms with Crippen LogP contribution in [-0.4, -0.2) is 57.9 Å². The van der Waals surface area contributed by atoms with Gasteiger partial charge in [-0.1, -0.05) is 18.2 Å². The Kier molecular flexibility index (Phi) is 4.93. The Bertz CT molecular complexity index is 968. The van der Waals surface area contributed by atoms with Gasteiger partial charge in [0.2, 0.25) is 0 Å². The average molecular weight is 381 g/mol. The van der Waals surface area contributed by atoms with Crippen LogP contribution in [0.3, 0.4) is 0 Å². The monoisotopic (exact) mass is 380 g/mol. The minimum atomic E-state index is 0.104. The zero-order valence-corrected chi connectivity index (χ0v) is 16.8. The molecule has 3 aromatic rings. The summed E-state index contributed by atoms with van der Waals surface area (Å²) in [4.78, 5) is 27.4. The van der Waals surface area contributed by atoms with Crippen LogP contribution in [0.1, 0.15) is 29.2 Å². The standard InChI is InChI=1S/C21H24N4OS/c1-14(2)24-10-12-25(13-11-24)21(26)19-15(3)23-20(27-19)17-8-4-6-16-7-5-9-22-18(16)17/h4-9,14H,10-13H2,1-3H3. The van der Waals surface area contributed by atoms with Gasteiger partial charge < -0.3 is 4.90 Å². The Morgan fingerprint density at radius 1 is 1.11 bits per heavy atom. The molecule has 0 spiro atoms. The quantitative estimate of drug-likeness (QED) is 0.693. The van der Waals surface area contributed by atoms with E-state index >= 15 is 0 Å². The molecule has 1 aromatic carbocycles. The van der Waals surface area contributed by atoms with Crippen molar-refractivity contribution < 1.29 is 4.79 Å². The summed E-state index contributed by atoms with van der Waals surface area (Å²) in [5.41, 5.74) is 2.72. The maximum atomic E-state index is 13.1. The third-order valence-electron chi connectivity index (χ3n) is 5.19. The summed E-state index contributed by atoms with van der Waals surface area (Å²) in [6.07, 6.45) is 1.80. The molecule has 1 aliphatic heterocycles. The first-order chi connectivity index (χ1) is 13.0. The number of amides is 1. The lowest BCUT2D eigenvalue weighted by Gasteiger charge is -2.36. The molecule has 1 fully saturated rings. The third kappa shape index (κ3) is 3.47. The predicted octanol–water partition coefficient (Wildman–Crippen LogP) is 3.83. The van der Waals surface area contributed by atoms with Crippen molar-refractivity contribution in [3.8, 4) is 10.6 Å². The molecule has 1 aliphatic rings. The van der Waals surface area contributed by atoms with Crippen LogP contribution in [-0.2, 0) is 0 Å². The van der Waals surface area contributed by atoms with E-state index in [1.165, 1.54) is 11.3 Å². The van der Waals surface area contributed by atoms with Gasteiger partial charge in [-0.3, -0.25) is 14.7 Å². The van der Waals surface area contributed by atoms with E-state index in [4.69, 9.17) is 4.98 Å². The zero-order valence-electron chi connectivity index (χ0n) is 16.0. The molecule has 4 rings (SSSR count). The minimum Gasteiger partial charge on any atom is -0.335 e. The molecule has 6 heteroatoms. The van der Waals surface area contributed by atoms with Gasteiger partial charge >= 0.3 is 0 Å². The van der Waals surface area contributed by atoms with Gasteiger partial charge in [-0.25, -0.2) is 4.98 Å². The summed E-state index contributed by atoms with van der Waals surface area (Å²) in [6, 6.07) is 10.6. The van der Waals surface area contributed by atoms with Gasteiger partial charge in [0.1, 0.15) is 9.88 Å². The highest BCUT2D eigenvalue weighted by atomic mass is 32.1. The Balaban J connectivity index is 1.61. The molecular weight excluding hydrogens is 356 g/mol. The van der Waals surface area contributed by atoms with Crippen LogP contribution >= 0.6 is 11.3 Å². The number of aromatic nitrogens is 2. The molecule has 0 atom stereocenters. The maximum Gasteiger partial charge on any atom is 0.265 e. The molecule has 1 amide bonds. The normalized spacial score (nSPS) is 15.6. The molecule has 2 aromatic heterocycles. The summed E-state index contributed by atoms with van der Waals surface area (Å²) in [7, 11) is 0. The van der Waals surface area contributed by atoms with Crippen LogP contribution in [0.15, 0.2) is 36.5 Å². The fourth-order valence-corrected chi connectivity index (χ4v) is 4.63. The molecule has 0 aliphatic carbocycles. The average Bonchev–Trinajstić information content (AvgIpc) is 3.08. The first-order valence-electron chi connectivity index (χ1n) is 9.39. The van der Waals surface area contributed by atoms with Crippen molar-refractivity contribution in [3.63, 3.8) is 0 Å². The number of hydrogen-bond acceptors (Lipinski definition) is 5. The molecule has 27 heavy (non-hydrogen) atoms. The van der Waals surface area contributed by atoms with E-state index < -0.39 is 0 Å². The van der Waals surface area contributed by atoms with Crippen molar-refractivity contribution in [2.45, 2.75) is 26.8 Å². The number of aryl methyl sites for hydroxylation is 1. The summed E-state index contributed by atoms with van der Waals surface area (Å²) in [6.45, 7) is 9.75. The van der Waals surface area contributed by atoms with E-state index in [0.717, 1.165) is 58.2 Å². The highest BCUT2D eigenvalue weighted by Crippen LogP contribution is 2.33. The highest BCUT2D eigenvalue weighted by molar-refractivity contribution is 7.17. The van der Waals surface area contributed by atoms with Crippen LogP contribution in [0.5, 0.6) is 0 Å². The molecule has 0 N–H and O–H groups in total. The number of fused-ring (bicyclic) bond motifs is 1. The molecule has 0 bridgehead atoms. The second-order valence-electron chi connectivity index (χ2n) is 7.24. The van der Waals surface area contributed by atoms with E-state index in [-0.39, 0.29) is 5.91 Å². The number of rotatable bonds is 3. The van der Waals surface area contributed by atoms with Gasteiger partial charge in [0.15, 0.2) is 0 Å². The zero-order chi connectivity index (χ0) is 19.0. The lowest BCUT2D eigenvalue weighted by atomic mass is 10.1. The molecule has 0 unspecified atom stereocenters. The summed E-state index contributed by atoms with van der Waals surface area (Å²) in [5.74, 6) is 0.104. The van der Waals surface area contributed by atoms with Gasteiger partial charge in [-0.05, 0) is 32.9 Å². The fourth-order valence-electron chi connectivity index (χ4n) is 3.57. The number of carbonyl (C=O) groups excluding carboxylic acids is 1. The number of thiazole rings is 1. The highest BCUT2D eigenvalue weighted by Gasteiger charge is 2.26. The number of para-hydroxylation sites is 1. The Hall–Kier alpha value is -2.31. The number of pyridine rings is 1. The Morgan fingerprint density at radius 2 is 1.85 bits per heavy atom. The van der Waals surface area contributed by atoms with E-state index in [1.807, 2.05) is 42.2 Å². The summed E-state index contributed by atoms with van der Waals surface area (Å²) < 4.78 is 0. The number of nitrogens with zero attached hydrogens (tertiary/aromatic N) is 4. The fraction of sp³-hybridized carbons (Fsp3) is 0.381. The van der Waals surface area contributed by atoms with Crippen LogP contribution in [0.2, 0.25) is 0 Å². The molecule has 0 radical (unpaired) electrons. The predicted molar refractivity (Wildman–Crippen MR) is 110 cm³/mol. The van der Waals surface area contributed by atoms with Crippen molar-refractivity contribution >= 4 is 28.1 Å². The number of benzene rings is 1. The molecule has 1 saturated heterocycles. The minimum absolute atomic E-state index is 0.104. The first kappa shape index (κ1) is 18.1. The van der Waals surface area contributed by atoms with E-state index in [0.29, 0.717) is 6.04 Å². The SMILES string of the molecule is Cc1nc(-c2cccc3cccnc23)sc1C(=O)N1CCN(C(C)C)CC1. The van der Waals surface area contributed by atoms with Crippen molar-refractivity contribution in [1.82, 2.24) is 19.8 Å². The largest absolute Gasteiger partial charge is 0.335 e. The molecule has 0 saturated carbocycles. The third-order valence-corrected chi connectivity index (χ3v) is 6.36. The lowest BCUT2D eigenvalue weighted by Crippen LogP contribution is -2.50. The molecule has 140 valence electrons. The van der Waals surface area contributed by atoms with Crippen molar-refractivity contribution in [2.75, 3.05) is 26.2 Å². The van der Waals surface area contributed by atoms with E-state index in [2.05, 4.69) is 23.7 Å². The smallest absolute Gasteiger partial charge is 0.265 e. The number of piperazine rings is 1. The molecular formula is C21H24N4OS. The van der Waals surface area contributed by atoms with Crippen LogP contribution in [0, 0.1) is 6.92 Å². The van der Waals surface area contributed by atoms with Gasteiger partial charge in [0.25, 0.3) is 5.91 Å². The van der Waals surface area contributed by atoms with Crippen LogP contribution in [0.4, 0.5) is 0 Å². The van der Waals surface area contributed by atoms with Gasteiger partial charge in [-0.15, -0.1) is 11.3 Å². The van der Waals surface area contributed by atoms with Gasteiger partial charge in [0.05, 0.1) is 11.2 Å². The molecule has 5 nitrogen and oxygen atoms in total. The van der Waals surface area contributed by atoms with Crippen molar-refractivity contribution in [2.24, 2.45) is 0 Å². The van der Waals surface area contributed by atoms with Gasteiger partial charge in [-0.2, -0.15) is 0 Å². The summed E-state index contributed by atoms with van der Waals surface area (Å²) >= 11 is 1.48. The Labute approximate surface area is 163 Å². The second kappa shape index (κ2) is 7.37. The van der Waals surface area contributed by atoms with Crippen LogP contribution in [0.25, 0.3) is 21.5 Å². The maximum absolute atomic E-state index is 13.1. The number of hydrogen-bond donors (Lipinski definition) is 0. The van der Waals surface area contributed by atoms with E-state index in [9.17, 15) is 4.79 Å². The molecule has 3 heterocycles. The number of carbonyl (C=O) groups is 1. The summed E-state index contributed by atoms with van der Waals surface area (Å²) in [5, 5.41) is 1.95. The topological polar surface area (TPSA) is 49.3 Å². The van der Waals surface area contributed by atoms with Gasteiger partial charge in [0, 0.05) is 49.4 Å². The van der Waals surface area contributed by atoms with Crippen molar-refractivity contribution in [3.05, 3.63) is 47.1 Å². The first-order valence-corrected chi connectivity index (χ1v) is 10.2. The Morgan fingerprint density at radius 3 is 2.59 bits per heavy atom. The van der Waals surface area contributed by atoms with Crippen LogP contribution < -0.4 is 0 Å².